The van der Waals surface area contributed by atoms with Gasteiger partial charge in [0.15, 0.2) is 0 Å². The molecule has 4 saturated heterocycles. The van der Waals surface area contributed by atoms with Crippen molar-refractivity contribution in [2.45, 2.75) is 124 Å². The van der Waals surface area contributed by atoms with Crippen LogP contribution in [0.3, 0.4) is 0 Å². The Morgan fingerprint density at radius 3 is 1.04 bits per heavy atom. The molecule has 5 heteroatoms. The lowest BCUT2D eigenvalue weighted by molar-refractivity contribution is 0.0115. The van der Waals surface area contributed by atoms with Gasteiger partial charge in [-0.15, -0.1) is 0 Å². The summed E-state index contributed by atoms with van der Waals surface area (Å²) in [6, 6.07) is 28.1. The van der Waals surface area contributed by atoms with Gasteiger partial charge in [0.1, 0.15) is 0 Å². The van der Waals surface area contributed by atoms with Crippen LogP contribution in [0.1, 0.15) is 135 Å². The van der Waals surface area contributed by atoms with Crippen LogP contribution < -0.4 is 14.7 Å². The van der Waals surface area contributed by atoms with Crippen molar-refractivity contribution in [1.82, 2.24) is 4.90 Å². The number of ether oxygens (including phenoxy) is 1. The van der Waals surface area contributed by atoms with E-state index in [1.165, 1.54) is 124 Å². The molecule has 4 aliphatic rings. The zero-order chi connectivity index (χ0) is 36.0. The second-order valence-electron chi connectivity index (χ2n) is 16.2. The molecule has 0 saturated carbocycles. The quantitative estimate of drug-likeness (QED) is 0.243. The third kappa shape index (κ3) is 12.5. The van der Waals surface area contributed by atoms with Gasteiger partial charge >= 0.3 is 0 Å². The fourth-order valence-electron chi connectivity index (χ4n) is 7.95. The first-order valence-corrected chi connectivity index (χ1v) is 20.6. The van der Waals surface area contributed by atoms with Crippen LogP contribution >= 0.6 is 0 Å². The molecule has 3 aromatic carbocycles. The highest BCUT2D eigenvalue weighted by molar-refractivity contribution is 5.50. The van der Waals surface area contributed by atoms with Crippen molar-refractivity contribution >= 4 is 17.1 Å². The first kappa shape index (κ1) is 41.7. The van der Waals surface area contributed by atoms with E-state index in [4.69, 9.17) is 4.74 Å². The predicted molar refractivity (Wildman–Crippen MR) is 228 cm³/mol. The van der Waals surface area contributed by atoms with Crippen LogP contribution in [0.2, 0.25) is 0 Å². The number of anilines is 3. The molecule has 52 heavy (non-hydrogen) atoms. The summed E-state index contributed by atoms with van der Waals surface area (Å²) in [5.74, 6) is 1.90. The van der Waals surface area contributed by atoms with E-state index >= 15 is 0 Å². The van der Waals surface area contributed by atoms with Crippen LogP contribution in [-0.2, 0) is 4.74 Å². The fraction of sp³-hybridized carbons (Fsp3) is 0.617. The van der Waals surface area contributed by atoms with Crippen molar-refractivity contribution in [3.8, 4) is 0 Å². The summed E-state index contributed by atoms with van der Waals surface area (Å²) in [7, 11) is 0. The molecule has 4 fully saturated rings. The SMILES string of the molecule is C.CC(C)c1ccc(N2CCC(N3CCOCC3)CC2)cc1.CC(C)c1ccc(N2CCCCC2)cc1.CC(C)c1ccc(N2CCCCC2)cc1. The van der Waals surface area contributed by atoms with Gasteiger partial charge in [-0.05, 0) is 122 Å². The molecule has 0 N–H and O–H groups in total. The number of benzene rings is 3. The van der Waals surface area contributed by atoms with Gasteiger partial charge in [0.2, 0.25) is 0 Å². The number of nitrogens with zero attached hydrogens (tertiary/aromatic N) is 4. The highest BCUT2D eigenvalue weighted by Crippen LogP contribution is 2.26. The summed E-state index contributed by atoms with van der Waals surface area (Å²) in [4.78, 5) is 10.2. The Labute approximate surface area is 319 Å². The Morgan fingerprint density at radius 1 is 0.423 bits per heavy atom. The number of rotatable bonds is 7. The second kappa shape index (κ2) is 21.6. The molecule has 0 amide bonds. The highest BCUT2D eigenvalue weighted by Gasteiger charge is 2.26. The molecule has 4 aliphatic heterocycles. The fourth-order valence-corrected chi connectivity index (χ4v) is 7.95. The van der Waals surface area contributed by atoms with E-state index in [1.807, 2.05) is 0 Å². The molecular formula is C47H74N4O. The summed E-state index contributed by atoms with van der Waals surface area (Å²) in [5, 5.41) is 0. The third-order valence-corrected chi connectivity index (χ3v) is 11.5. The van der Waals surface area contributed by atoms with E-state index in [0.717, 1.165) is 32.3 Å². The van der Waals surface area contributed by atoms with E-state index in [-0.39, 0.29) is 7.43 Å². The standard InChI is InChI=1S/C18H28N2O.2C14H21N.CH4/c1-15(2)16-3-5-17(6-4-16)19-9-7-18(8-10-19)20-11-13-21-14-12-20;2*1-12(2)13-6-8-14(9-7-13)15-10-4-3-5-11-15;/h3-6,15,18H,7-14H2,1-2H3;2*6-9,12H,3-5,10-11H2,1-2H3;1H4. The van der Waals surface area contributed by atoms with Crippen molar-refractivity contribution in [2.24, 2.45) is 0 Å². The first-order valence-electron chi connectivity index (χ1n) is 20.6. The molecule has 0 aliphatic carbocycles. The average Bonchev–Trinajstić information content (AvgIpc) is 3.19. The van der Waals surface area contributed by atoms with Crippen LogP contribution in [0.4, 0.5) is 17.1 Å². The van der Waals surface area contributed by atoms with Crippen molar-refractivity contribution in [3.05, 3.63) is 89.5 Å². The zero-order valence-corrected chi connectivity index (χ0v) is 33.2. The van der Waals surface area contributed by atoms with Gasteiger partial charge in [-0.25, -0.2) is 0 Å². The zero-order valence-electron chi connectivity index (χ0n) is 33.2. The summed E-state index contributed by atoms with van der Waals surface area (Å²) in [6.45, 7) is 24.9. The van der Waals surface area contributed by atoms with Crippen molar-refractivity contribution in [1.29, 1.82) is 0 Å². The predicted octanol–water partition coefficient (Wildman–Crippen LogP) is 11.3. The molecule has 0 aromatic heterocycles. The Balaban J connectivity index is 0.000000177. The molecule has 0 spiro atoms. The van der Waals surface area contributed by atoms with Crippen molar-refractivity contribution in [3.63, 3.8) is 0 Å². The molecule has 3 aromatic rings. The van der Waals surface area contributed by atoms with Gasteiger partial charge in [-0.1, -0.05) is 85.4 Å². The Hall–Kier alpha value is -3.02. The van der Waals surface area contributed by atoms with E-state index in [2.05, 4.69) is 134 Å². The van der Waals surface area contributed by atoms with Gasteiger partial charge in [-0.3, -0.25) is 4.90 Å². The Kier molecular flexibility index (Phi) is 17.4. The van der Waals surface area contributed by atoms with Crippen LogP contribution in [0.5, 0.6) is 0 Å². The molecule has 7 rings (SSSR count). The van der Waals surface area contributed by atoms with Gasteiger partial charge in [-0.2, -0.15) is 0 Å². The average molecular weight is 711 g/mol. The van der Waals surface area contributed by atoms with Gasteiger partial charge in [0.05, 0.1) is 13.2 Å². The van der Waals surface area contributed by atoms with E-state index < -0.39 is 0 Å². The Bertz CT molecular complexity index is 1290. The Morgan fingerprint density at radius 2 is 0.731 bits per heavy atom. The number of hydrogen-bond acceptors (Lipinski definition) is 5. The molecule has 0 atom stereocenters. The molecule has 0 unspecified atom stereocenters. The van der Waals surface area contributed by atoms with Crippen LogP contribution in [0.15, 0.2) is 72.8 Å². The smallest absolute Gasteiger partial charge is 0.0594 e. The van der Waals surface area contributed by atoms with E-state index in [1.54, 1.807) is 0 Å². The first-order chi connectivity index (χ1) is 24.8. The number of hydrogen-bond donors (Lipinski definition) is 0. The van der Waals surface area contributed by atoms with Gasteiger partial charge in [0.25, 0.3) is 0 Å². The maximum Gasteiger partial charge on any atom is 0.0594 e. The topological polar surface area (TPSA) is 22.2 Å². The lowest BCUT2D eigenvalue weighted by Gasteiger charge is -2.40. The van der Waals surface area contributed by atoms with Crippen LogP contribution in [0, 0.1) is 0 Å². The maximum absolute atomic E-state index is 5.46. The largest absolute Gasteiger partial charge is 0.379 e. The van der Waals surface area contributed by atoms with Gasteiger partial charge in [0, 0.05) is 75.5 Å². The lowest BCUT2D eigenvalue weighted by atomic mass is 10.0. The monoisotopic (exact) mass is 711 g/mol. The number of piperidine rings is 3. The van der Waals surface area contributed by atoms with E-state index in [0.29, 0.717) is 17.8 Å². The lowest BCUT2D eigenvalue weighted by Crippen LogP contribution is -2.49. The normalized spacial score (nSPS) is 18.8. The maximum atomic E-state index is 5.46. The van der Waals surface area contributed by atoms with Crippen molar-refractivity contribution < 1.29 is 4.74 Å². The van der Waals surface area contributed by atoms with Gasteiger partial charge < -0.3 is 19.4 Å². The summed E-state index contributed by atoms with van der Waals surface area (Å²) < 4.78 is 5.46. The van der Waals surface area contributed by atoms with Crippen LogP contribution in [-0.4, -0.2) is 76.5 Å². The summed E-state index contributed by atoms with van der Waals surface area (Å²) in [6.07, 6.45) is 10.8. The van der Waals surface area contributed by atoms with Crippen molar-refractivity contribution in [2.75, 3.05) is 80.3 Å². The third-order valence-electron chi connectivity index (χ3n) is 11.5. The highest BCUT2D eigenvalue weighted by atomic mass is 16.5. The molecular weight excluding hydrogens is 637 g/mol. The minimum absolute atomic E-state index is 0. The minimum Gasteiger partial charge on any atom is -0.379 e. The number of morpholine rings is 1. The van der Waals surface area contributed by atoms with Crippen LogP contribution in [0.25, 0.3) is 0 Å². The minimum atomic E-state index is 0. The molecule has 4 heterocycles. The molecule has 0 bridgehead atoms. The summed E-state index contributed by atoms with van der Waals surface area (Å²) in [5.41, 5.74) is 8.51. The molecule has 288 valence electrons. The molecule has 5 nitrogen and oxygen atoms in total. The molecule has 0 radical (unpaired) electrons. The second-order valence-corrected chi connectivity index (χ2v) is 16.2. The van der Waals surface area contributed by atoms with E-state index in [9.17, 15) is 0 Å². The summed E-state index contributed by atoms with van der Waals surface area (Å²) >= 11 is 0.